The summed E-state index contributed by atoms with van der Waals surface area (Å²) in [6.45, 7) is 1.71. The standard InChI is InChI=1S/C9H18N2O4S/c1-15-9(12)11-5-3-8(4-6-11)7-10-16(2,13)14/h8,10H,3-7H2,1-2H3. The lowest BCUT2D eigenvalue weighted by Crippen LogP contribution is -2.41. The van der Waals surface area contributed by atoms with Gasteiger partial charge < -0.3 is 9.64 Å². The van der Waals surface area contributed by atoms with E-state index in [1.165, 1.54) is 7.11 Å². The Morgan fingerprint density at radius 1 is 1.44 bits per heavy atom. The molecule has 1 aliphatic rings. The lowest BCUT2D eigenvalue weighted by Gasteiger charge is -2.30. The Balaban J connectivity index is 2.30. The van der Waals surface area contributed by atoms with Crippen molar-refractivity contribution in [3.63, 3.8) is 0 Å². The number of likely N-dealkylation sites (tertiary alicyclic amines) is 1. The van der Waals surface area contributed by atoms with Crippen LogP contribution in [0.4, 0.5) is 4.79 Å². The van der Waals surface area contributed by atoms with Gasteiger partial charge in [-0.15, -0.1) is 0 Å². The van der Waals surface area contributed by atoms with Crippen LogP contribution in [0.5, 0.6) is 0 Å². The Kier molecular flexibility index (Phi) is 4.55. The molecule has 1 saturated heterocycles. The molecule has 1 rings (SSSR count). The van der Waals surface area contributed by atoms with Gasteiger partial charge in [0, 0.05) is 19.6 Å². The number of methoxy groups -OCH3 is 1. The maximum atomic E-state index is 11.2. The largest absolute Gasteiger partial charge is 0.453 e. The first-order valence-corrected chi connectivity index (χ1v) is 7.09. The molecule has 1 amide bonds. The van der Waals surface area contributed by atoms with E-state index in [1.807, 2.05) is 0 Å². The van der Waals surface area contributed by atoms with Crippen LogP contribution >= 0.6 is 0 Å². The third kappa shape index (κ3) is 4.36. The second kappa shape index (κ2) is 5.49. The van der Waals surface area contributed by atoms with Gasteiger partial charge >= 0.3 is 6.09 Å². The van der Waals surface area contributed by atoms with E-state index in [1.54, 1.807) is 4.90 Å². The number of nitrogens with one attached hydrogen (secondary N) is 1. The van der Waals surface area contributed by atoms with Crippen LogP contribution in [0.3, 0.4) is 0 Å². The first kappa shape index (κ1) is 13.2. The van der Waals surface area contributed by atoms with Crippen molar-refractivity contribution in [2.45, 2.75) is 12.8 Å². The molecule has 16 heavy (non-hydrogen) atoms. The highest BCUT2D eigenvalue weighted by Crippen LogP contribution is 2.16. The molecule has 1 N–H and O–H groups in total. The second-order valence-electron chi connectivity index (χ2n) is 4.02. The number of rotatable bonds is 3. The number of hydrogen-bond donors (Lipinski definition) is 1. The van der Waals surface area contributed by atoms with Gasteiger partial charge in [0.2, 0.25) is 10.0 Å². The van der Waals surface area contributed by atoms with Crippen molar-refractivity contribution < 1.29 is 17.9 Å². The summed E-state index contributed by atoms with van der Waals surface area (Å²) in [5.41, 5.74) is 0. The highest BCUT2D eigenvalue weighted by atomic mass is 32.2. The number of amides is 1. The quantitative estimate of drug-likeness (QED) is 0.766. The van der Waals surface area contributed by atoms with Crippen molar-refractivity contribution in [2.24, 2.45) is 5.92 Å². The minimum Gasteiger partial charge on any atom is -0.453 e. The molecular weight excluding hydrogens is 232 g/mol. The van der Waals surface area contributed by atoms with Crippen molar-refractivity contribution in [3.05, 3.63) is 0 Å². The Hall–Kier alpha value is -0.820. The minimum absolute atomic E-state index is 0.302. The van der Waals surface area contributed by atoms with Crippen LogP contribution in [0.25, 0.3) is 0 Å². The molecule has 0 aliphatic carbocycles. The SMILES string of the molecule is COC(=O)N1CCC(CNS(C)(=O)=O)CC1. The van der Waals surface area contributed by atoms with Crippen LogP contribution in [0, 0.1) is 5.92 Å². The molecule has 0 radical (unpaired) electrons. The zero-order chi connectivity index (χ0) is 12.2. The topological polar surface area (TPSA) is 75.7 Å². The van der Waals surface area contributed by atoms with Crippen LogP contribution in [-0.4, -0.2) is 52.4 Å². The lowest BCUT2D eigenvalue weighted by atomic mass is 9.97. The summed E-state index contributed by atoms with van der Waals surface area (Å²) >= 11 is 0. The van der Waals surface area contributed by atoms with Crippen LogP contribution in [0.15, 0.2) is 0 Å². The summed E-state index contributed by atoms with van der Waals surface area (Å²) in [6, 6.07) is 0. The first-order valence-electron chi connectivity index (χ1n) is 5.20. The van der Waals surface area contributed by atoms with Crippen molar-refractivity contribution in [1.29, 1.82) is 0 Å². The number of nitrogens with zero attached hydrogens (tertiary/aromatic N) is 1. The smallest absolute Gasteiger partial charge is 0.409 e. The normalized spacial score (nSPS) is 18.5. The van der Waals surface area contributed by atoms with Crippen molar-refractivity contribution in [1.82, 2.24) is 9.62 Å². The Morgan fingerprint density at radius 3 is 2.44 bits per heavy atom. The molecule has 1 fully saturated rings. The molecule has 94 valence electrons. The summed E-state index contributed by atoms with van der Waals surface area (Å²) < 4.78 is 28.9. The Morgan fingerprint density at radius 2 is 2.00 bits per heavy atom. The van der Waals surface area contributed by atoms with Crippen LogP contribution < -0.4 is 4.72 Å². The number of sulfonamides is 1. The van der Waals surface area contributed by atoms with Gasteiger partial charge in [-0.25, -0.2) is 17.9 Å². The van der Waals surface area contributed by atoms with Gasteiger partial charge in [-0.05, 0) is 18.8 Å². The highest BCUT2D eigenvalue weighted by Gasteiger charge is 2.23. The third-order valence-electron chi connectivity index (χ3n) is 2.68. The monoisotopic (exact) mass is 250 g/mol. The maximum absolute atomic E-state index is 11.2. The fourth-order valence-electron chi connectivity index (χ4n) is 1.72. The summed E-state index contributed by atoms with van der Waals surface area (Å²) in [7, 11) is -1.75. The summed E-state index contributed by atoms with van der Waals surface area (Å²) in [5, 5.41) is 0. The number of carbonyl (C=O) groups excluding carboxylic acids is 1. The predicted octanol–water partition coefficient (Wildman–Crippen LogP) is 0.0140. The summed E-state index contributed by atoms with van der Waals surface area (Å²) in [5.74, 6) is 0.302. The molecule has 0 saturated carbocycles. The Bertz CT molecular complexity index is 333. The summed E-state index contributed by atoms with van der Waals surface area (Å²) in [4.78, 5) is 12.8. The predicted molar refractivity (Wildman–Crippen MR) is 59.5 cm³/mol. The zero-order valence-electron chi connectivity index (χ0n) is 9.60. The summed E-state index contributed by atoms with van der Waals surface area (Å²) in [6.07, 6.45) is 2.45. The van der Waals surface area contributed by atoms with Crippen LogP contribution in [-0.2, 0) is 14.8 Å². The van der Waals surface area contributed by atoms with E-state index in [2.05, 4.69) is 9.46 Å². The number of piperidine rings is 1. The molecule has 6 nitrogen and oxygen atoms in total. The molecule has 0 aromatic rings. The fraction of sp³-hybridized carbons (Fsp3) is 0.889. The van der Waals surface area contributed by atoms with Crippen molar-refractivity contribution >= 4 is 16.1 Å². The van der Waals surface area contributed by atoms with E-state index in [0.717, 1.165) is 19.1 Å². The Labute approximate surface area is 96.0 Å². The molecule has 1 aliphatic heterocycles. The van der Waals surface area contributed by atoms with Crippen molar-refractivity contribution in [2.75, 3.05) is 33.0 Å². The fourth-order valence-corrected chi connectivity index (χ4v) is 2.26. The van der Waals surface area contributed by atoms with Gasteiger partial charge in [-0.1, -0.05) is 0 Å². The lowest BCUT2D eigenvalue weighted by molar-refractivity contribution is 0.106. The van der Waals surface area contributed by atoms with E-state index >= 15 is 0 Å². The minimum atomic E-state index is -3.11. The van der Waals surface area contributed by atoms with E-state index in [-0.39, 0.29) is 6.09 Å². The number of ether oxygens (including phenoxy) is 1. The molecule has 0 aromatic heterocycles. The maximum Gasteiger partial charge on any atom is 0.409 e. The van der Waals surface area contributed by atoms with Gasteiger partial charge in [0.25, 0.3) is 0 Å². The number of carbonyl (C=O) groups is 1. The van der Waals surface area contributed by atoms with Gasteiger partial charge in [-0.2, -0.15) is 0 Å². The molecule has 7 heteroatoms. The van der Waals surface area contributed by atoms with Gasteiger partial charge in [0.15, 0.2) is 0 Å². The third-order valence-corrected chi connectivity index (χ3v) is 3.37. The van der Waals surface area contributed by atoms with Crippen molar-refractivity contribution in [3.8, 4) is 0 Å². The van der Waals surface area contributed by atoms with E-state index in [9.17, 15) is 13.2 Å². The van der Waals surface area contributed by atoms with E-state index < -0.39 is 10.0 Å². The van der Waals surface area contributed by atoms with E-state index in [0.29, 0.717) is 25.6 Å². The molecule has 0 bridgehead atoms. The average molecular weight is 250 g/mol. The second-order valence-corrected chi connectivity index (χ2v) is 5.85. The molecule has 1 heterocycles. The van der Waals surface area contributed by atoms with Gasteiger partial charge in [-0.3, -0.25) is 0 Å². The highest BCUT2D eigenvalue weighted by molar-refractivity contribution is 7.88. The molecule has 0 atom stereocenters. The zero-order valence-corrected chi connectivity index (χ0v) is 10.4. The van der Waals surface area contributed by atoms with Crippen LogP contribution in [0.2, 0.25) is 0 Å². The van der Waals surface area contributed by atoms with Gasteiger partial charge in [0.1, 0.15) is 0 Å². The number of hydrogen-bond acceptors (Lipinski definition) is 4. The molecule has 0 aromatic carbocycles. The van der Waals surface area contributed by atoms with Crippen LogP contribution in [0.1, 0.15) is 12.8 Å². The first-order chi connectivity index (χ1) is 7.42. The molecule has 0 unspecified atom stereocenters. The van der Waals surface area contributed by atoms with E-state index in [4.69, 9.17) is 0 Å². The molecular formula is C9H18N2O4S. The van der Waals surface area contributed by atoms with Gasteiger partial charge in [0.05, 0.1) is 13.4 Å². The average Bonchev–Trinajstić information content (AvgIpc) is 2.25. The molecule has 0 spiro atoms.